The fourth-order valence-electron chi connectivity index (χ4n) is 3.01. The Morgan fingerprint density at radius 2 is 1.63 bits per heavy atom. The maximum absolute atomic E-state index is 14.4. The number of halogens is 6. The molecule has 0 aliphatic heterocycles. The third-order valence-corrected chi connectivity index (χ3v) is 4.75. The number of aromatic nitrogens is 3. The smallest absolute Gasteiger partial charge is 0.380 e. The largest absolute Gasteiger partial charge is 0.459 e. The number of nitrogens with two attached hydrogens (primary N) is 1. The molecule has 0 saturated heterocycles. The molecule has 0 saturated carbocycles. The third-order valence-electron chi connectivity index (χ3n) is 4.75. The van der Waals surface area contributed by atoms with Gasteiger partial charge in [-0.05, 0) is 30.3 Å². The van der Waals surface area contributed by atoms with Crippen LogP contribution in [0.5, 0.6) is 0 Å². The topological polar surface area (TPSA) is 94.9 Å². The first-order chi connectivity index (χ1) is 16.5. The predicted molar refractivity (Wildman–Crippen MR) is 111 cm³/mol. The molecule has 0 aliphatic carbocycles. The van der Waals surface area contributed by atoms with Gasteiger partial charge in [0.25, 0.3) is 0 Å². The van der Waals surface area contributed by atoms with E-state index in [0.29, 0.717) is 11.6 Å². The number of oxime groups is 1. The van der Waals surface area contributed by atoms with Gasteiger partial charge >= 0.3 is 18.1 Å². The standard InChI is InChI=1S/C22H13F6N5O2/c23-14-8-6-12(7-9-14)15-10-17(21(24,25)22(26,27)28)33-18(30-15)11-16(31-33)20(34)35-32-19(29)13-4-2-1-3-5-13/h1-11H,(H2,29,32). The van der Waals surface area contributed by atoms with Crippen molar-refractivity contribution >= 4 is 17.5 Å². The first-order valence-electron chi connectivity index (χ1n) is 9.69. The minimum Gasteiger partial charge on any atom is -0.380 e. The second-order valence-electron chi connectivity index (χ2n) is 7.13. The zero-order valence-corrected chi connectivity index (χ0v) is 17.3. The van der Waals surface area contributed by atoms with Gasteiger partial charge in [0.1, 0.15) is 11.5 Å². The minimum atomic E-state index is -5.98. The number of hydrogen-bond donors (Lipinski definition) is 1. The van der Waals surface area contributed by atoms with Crippen LogP contribution in [0.3, 0.4) is 0 Å². The maximum Gasteiger partial charge on any atom is 0.459 e. The normalized spacial score (nSPS) is 12.7. The molecule has 180 valence electrons. The van der Waals surface area contributed by atoms with E-state index in [9.17, 15) is 31.1 Å². The SMILES string of the molecule is N/C(=N\OC(=O)c1cc2nc(-c3ccc(F)cc3)cc(C(F)(F)C(F)(F)F)n2n1)c1ccccc1. The summed E-state index contributed by atoms with van der Waals surface area (Å²) in [5.74, 6) is -7.49. The number of alkyl halides is 5. The summed E-state index contributed by atoms with van der Waals surface area (Å²) in [7, 11) is 0. The van der Waals surface area contributed by atoms with Crippen molar-refractivity contribution in [2.24, 2.45) is 10.9 Å². The molecule has 7 nitrogen and oxygen atoms in total. The van der Waals surface area contributed by atoms with Crippen molar-refractivity contribution < 1.29 is 36.0 Å². The summed E-state index contributed by atoms with van der Waals surface area (Å²) >= 11 is 0. The quantitative estimate of drug-likeness (QED) is 0.143. The van der Waals surface area contributed by atoms with Crippen molar-refractivity contribution in [1.29, 1.82) is 0 Å². The summed E-state index contributed by atoms with van der Waals surface area (Å²) in [6, 6.07) is 13.7. The van der Waals surface area contributed by atoms with Gasteiger partial charge in [-0.2, -0.15) is 27.1 Å². The fraction of sp³-hybridized carbons (Fsp3) is 0.0909. The lowest BCUT2D eigenvalue weighted by molar-refractivity contribution is -0.291. The van der Waals surface area contributed by atoms with Crippen LogP contribution in [0.15, 0.2) is 71.9 Å². The number of rotatable bonds is 5. The molecule has 0 fully saturated rings. The van der Waals surface area contributed by atoms with Gasteiger partial charge in [-0.1, -0.05) is 35.5 Å². The Balaban J connectivity index is 1.78. The van der Waals surface area contributed by atoms with Crippen molar-refractivity contribution in [2.45, 2.75) is 12.1 Å². The van der Waals surface area contributed by atoms with Crippen LogP contribution >= 0.6 is 0 Å². The van der Waals surface area contributed by atoms with E-state index in [1.165, 1.54) is 0 Å². The van der Waals surface area contributed by atoms with Crippen LogP contribution in [0.4, 0.5) is 26.3 Å². The van der Waals surface area contributed by atoms with E-state index in [1.54, 1.807) is 30.3 Å². The van der Waals surface area contributed by atoms with Gasteiger partial charge in [0.15, 0.2) is 17.2 Å². The molecule has 4 aromatic rings. The van der Waals surface area contributed by atoms with E-state index >= 15 is 0 Å². The fourth-order valence-corrected chi connectivity index (χ4v) is 3.01. The second kappa shape index (κ2) is 8.74. The molecule has 0 atom stereocenters. The van der Waals surface area contributed by atoms with Crippen LogP contribution in [0, 0.1) is 5.82 Å². The molecule has 0 spiro atoms. The van der Waals surface area contributed by atoms with E-state index in [2.05, 4.69) is 20.1 Å². The Morgan fingerprint density at radius 3 is 2.26 bits per heavy atom. The van der Waals surface area contributed by atoms with Crippen LogP contribution in [0.2, 0.25) is 0 Å². The van der Waals surface area contributed by atoms with Gasteiger partial charge in [-0.15, -0.1) is 0 Å². The van der Waals surface area contributed by atoms with Gasteiger partial charge in [0.05, 0.1) is 5.69 Å². The molecule has 4 rings (SSSR count). The average molecular weight is 493 g/mol. The van der Waals surface area contributed by atoms with E-state index in [-0.39, 0.29) is 21.6 Å². The van der Waals surface area contributed by atoms with Gasteiger partial charge in [-0.3, -0.25) is 0 Å². The van der Waals surface area contributed by atoms with Gasteiger partial charge < -0.3 is 10.6 Å². The highest BCUT2D eigenvalue weighted by molar-refractivity contribution is 5.98. The Bertz CT molecular complexity index is 1420. The Kier molecular flexibility index (Phi) is 5.92. The monoisotopic (exact) mass is 493 g/mol. The summed E-state index contributed by atoms with van der Waals surface area (Å²) in [5.41, 5.74) is 3.06. The summed E-state index contributed by atoms with van der Waals surface area (Å²) < 4.78 is 81.7. The van der Waals surface area contributed by atoms with Crippen molar-refractivity contribution in [3.8, 4) is 11.3 Å². The van der Waals surface area contributed by atoms with Crippen molar-refractivity contribution in [1.82, 2.24) is 14.6 Å². The lowest BCUT2D eigenvalue weighted by Gasteiger charge is -2.21. The van der Waals surface area contributed by atoms with E-state index in [4.69, 9.17) is 5.73 Å². The number of hydrogen-bond acceptors (Lipinski definition) is 5. The number of nitrogens with zero attached hydrogens (tertiary/aromatic N) is 4. The van der Waals surface area contributed by atoms with Crippen LogP contribution < -0.4 is 5.73 Å². The molecule has 0 amide bonds. The Hall–Kier alpha value is -4.42. The van der Waals surface area contributed by atoms with Crippen molar-refractivity contribution in [2.75, 3.05) is 0 Å². The lowest BCUT2D eigenvalue weighted by atomic mass is 10.1. The van der Waals surface area contributed by atoms with Gasteiger partial charge in [0.2, 0.25) is 0 Å². The highest BCUT2D eigenvalue weighted by atomic mass is 19.4. The Labute approximate surface area is 192 Å². The lowest BCUT2D eigenvalue weighted by Crippen LogP contribution is -2.36. The molecule has 2 N–H and O–H groups in total. The summed E-state index contributed by atoms with van der Waals surface area (Å²) in [6.45, 7) is 0. The first kappa shape index (κ1) is 23.7. The summed E-state index contributed by atoms with van der Waals surface area (Å²) in [4.78, 5) is 21.0. The maximum atomic E-state index is 14.4. The molecule has 0 bridgehead atoms. The van der Waals surface area contributed by atoms with E-state index in [1.807, 2.05) is 0 Å². The van der Waals surface area contributed by atoms with Crippen molar-refractivity contribution in [3.63, 3.8) is 0 Å². The molecule has 0 unspecified atom stereocenters. The molecule has 0 aliphatic rings. The van der Waals surface area contributed by atoms with Crippen LogP contribution in [0.25, 0.3) is 16.9 Å². The average Bonchev–Trinajstić information content (AvgIpc) is 3.26. The van der Waals surface area contributed by atoms with Crippen molar-refractivity contribution in [3.05, 3.63) is 89.5 Å². The first-order valence-corrected chi connectivity index (χ1v) is 9.69. The van der Waals surface area contributed by atoms with E-state index < -0.39 is 40.9 Å². The number of benzene rings is 2. The molecular formula is C22H13F6N5O2. The van der Waals surface area contributed by atoms with Crippen LogP contribution in [-0.4, -0.2) is 32.6 Å². The predicted octanol–water partition coefficient (Wildman–Crippen LogP) is 4.67. The summed E-state index contributed by atoms with van der Waals surface area (Å²) in [5, 5.41) is 6.96. The highest BCUT2D eigenvalue weighted by Crippen LogP contribution is 2.44. The van der Waals surface area contributed by atoms with Gasteiger partial charge in [-0.25, -0.2) is 18.7 Å². The minimum absolute atomic E-state index is 0.0543. The number of amidine groups is 1. The molecule has 2 heterocycles. The number of fused-ring (bicyclic) bond motifs is 1. The molecular weight excluding hydrogens is 480 g/mol. The van der Waals surface area contributed by atoms with Gasteiger partial charge in [0, 0.05) is 17.2 Å². The van der Waals surface area contributed by atoms with E-state index in [0.717, 1.165) is 30.3 Å². The highest BCUT2D eigenvalue weighted by Gasteiger charge is 2.60. The third kappa shape index (κ3) is 4.65. The second-order valence-corrected chi connectivity index (χ2v) is 7.13. The zero-order valence-electron chi connectivity index (χ0n) is 17.3. The van der Waals surface area contributed by atoms with Crippen LogP contribution in [-0.2, 0) is 10.8 Å². The zero-order chi connectivity index (χ0) is 25.4. The summed E-state index contributed by atoms with van der Waals surface area (Å²) in [6.07, 6.45) is -5.98. The number of carbonyl (C=O) groups excluding carboxylic acids is 1. The molecule has 35 heavy (non-hydrogen) atoms. The molecule has 13 heteroatoms. The van der Waals surface area contributed by atoms with Crippen LogP contribution in [0.1, 0.15) is 21.7 Å². The number of carbonyl (C=O) groups is 1. The molecule has 2 aromatic heterocycles. The molecule has 2 aromatic carbocycles. The molecule has 0 radical (unpaired) electrons. The Morgan fingerprint density at radius 1 is 0.971 bits per heavy atom.